The van der Waals surface area contributed by atoms with Gasteiger partial charge in [-0.2, -0.15) is 0 Å². The minimum Gasteiger partial charge on any atom is -0.494 e. The summed E-state index contributed by atoms with van der Waals surface area (Å²) >= 11 is 3.46. The monoisotopic (exact) mass is 349 g/mol. The molecule has 1 atom stereocenters. The Balaban J connectivity index is 2.37. The fourth-order valence-corrected chi connectivity index (χ4v) is 2.68. The average Bonchev–Trinajstić information content (AvgIpc) is 2.48. The molecule has 2 rings (SSSR count). The van der Waals surface area contributed by atoms with Crippen LogP contribution in [0.5, 0.6) is 5.75 Å². The lowest BCUT2D eigenvalue weighted by atomic mass is 9.91. The topological polar surface area (TPSA) is 41.5 Å². The number of para-hydroxylation sites is 1. The van der Waals surface area contributed by atoms with Gasteiger partial charge in [-0.3, -0.25) is 0 Å². The number of ether oxygens (including phenoxy) is 1. The molecule has 0 aromatic heterocycles. The van der Waals surface area contributed by atoms with Gasteiger partial charge >= 0.3 is 0 Å². The highest BCUT2D eigenvalue weighted by atomic mass is 79.9. The summed E-state index contributed by atoms with van der Waals surface area (Å²) in [6, 6.07) is 15.7. The maximum Gasteiger partial charge on any atom is 0.124 e. The molecule has 0 radical (unpaired) electrons. The highest BCUT2D eigenvalue weighted by molar-refractivity contribution is 9.10. The Kier molecular flexibility index (Phi) is 5.26. The molecule has 0 aliphatic heterocycles. The molecule has 2 aromatic carbocycles. The lowest BCUT2D eigenvalue weighted by molar-refractivity contribution is 0.218. The molecule has 112 valence electrons. The van der Waals surface area contributed by atoms with E-state index >= 15 is 0 Å². The van der Waals surface area contributed by atoms with E-state index in [-0.39, 0.29) is 6.61 Å². The summed E-state index contributed by atoms with van der Waals surface area (Å²) in [5, 5.41) is 13.3. The second-order valence-electron chi connectivity index (χ2n) is 5.05. The van der Waals surface area contributed by atoms with Crippen molar-refractivity contribution in [3.8, 4) is 5.75 Å². The van der Waals surface area contributed by atoms with Gasteiger partial charge in [0.1, 0.15) is 5.75 Å². The van der Waals surface area contributed by atoms with E-state index in [2.05, 4.69) is 21.2 Å². The van der Waals surface area contributed by atoms with Gasteiger partial charge in [-0.25, -0.2) is 0 Å². The largest absolute Gasteiger partial charge is 0.494 e. The Morgan fingerprint density at radius 3 is 2.62 bits per heavy atom. The van der Waals surface area contributed by atoms with E-state index in [0.717, 1.165) is 21.5 Å². The molecule has 4 heteroatoms. The number of rotatable bonds is 6. The lowest BCUT2D eigenvalue weighted by Gasteiger charge is -2.32. The van der Waals surface area contributed by atoms with Gasteiger partial charge in [0, 0.05) is 15.7 Å². The molecule has 0 spiro atoms. The summed E-state index contributed by atoms with van der Waals surface area (Å²) in [6.45, 7) is 4.47. The third-order valence-electron chi connectivity index (χ3n) is 3.34. The Morgan fingerprint density at radius 1 is 1.19 bits per heavy atom. The smallest absolute Gasteiger partial charge is 0.124 e. The van der Waals surface area contributed by atoms with Gasteiger partial charge in [0.05, 0.1) is 18.8 Å². The lowest BCUT2D eigenvalue weighted by Crippen LogP contribution is -2.36. The predicted octanol–water partition coefficient (Wildman–Crippen LogP) is 4.17. The first kappa shape index (κ1) is 15.9. The molecule has 1 unspecified atom stereocenters. The Labute approximate surface area is 134 Å². The van der Waals surface area contributed by atoms with Crippen LogP contribution in [0.1, 0.15) is 19.4 Å². The Hall–Kier alpha value is -1.52. The molecule has 0 saturated heterocycles. The molecule has 0 aliphatic carbocycles. The summed E-state index contributed by atoms with van der Waals surface area (Å²) < 4.78 is 6.68. The van der Waals surface area contributed by atoms with Gasteiger partial charge in [-0.1, -0.05) is 40.2 Å². The van der Waals surface area contributed by atoms with Crippen LogP contribution >= 0.6 is 15.9 Å². The molecule has 0 fully saturated rings. The van der Waals surface area contributed by atoms with Crippen LogP contribution in [0.4, 0.5) is 5.69 Å². The Bertz CT molecular complexity index is 603. The second kappa shape index (κ2) is 6.96. The van der Waals surface area contributed by atoms with Crippen LogP contribution in [0, 0.1) is 0 Å². The zero-order chi connectivity index (χ0) is 15.3. The number of hydrogen-bond donors (Lipinski definition) is 2. The van der Waals surface area contributed by atoms with Crippen molar-refractivity contribution in [2.24, 2.45) is 0 Å². The maximum atomic E-state index is 9.93. The van der Waals surface area contributed by atoms with E-state index < -0.39 is 5.54 Å². The third kappa shape index (κ3) is 3.77. The molecule has 21 heavy (non-hydrogen) atoms. The molecule has 0 aliphatic rings. The van der Waals surface area contributed by atoms with Crippen molar-refractivity contribution in [1.29, 1.82) is 0 Å². The number of nitrogens with one attached hydrogen (secondary N) is 1. The van der Waals surface area contributed by atoms with E-state index in [9.17, 15) is 5.11 Å². The summed E-state index contributed by atoms with van der Waals surface area (Å²) in [5.74, 6) is 0.791. The van der Waals surface area contributed by atoms with Crippen molar-refractivity contribution in [2.45, 2.75) is 19.4 Å². The first-order valence-electron chi connectivity index (χ1n) is 6.96. The molecule has 3 nitrogen and oxygen atoms in total. The van der Waals surface area contributed by atoms with Crippen LogP contribution in [0.3, 0.4) is 0 Å². The first-order chi connectivity index (χ1) is 10.1. The van der Waals surface area contributed by atoms with Gasteiger partial charge in [-0.05, 0) is 38.1 Å². The van der Waals surface area contributed by atoms with E-state index in [1.807, 2.05) is 62.4 Å². The SMILES string of the molecule is CCOc1ccccc1C(C)(CO)Nc1cccc(Br)c1. The standard InChI is InChI=1S/C17H20BrNO2/c1-3-21-16-10-5-4-9-15(16)17(2,12-20)19-14-8-6-7-13(18)11-14/h4-11,19-20H,3,12H2,1-2H3. The van der Waals surface area contributed by atoms with Gasteiger partial charge < -0.3 is 15.2 Å². The molecular weight excluding hydrogens is 330 g/mol. The minimum absolute atomic E-state index is 0.0381. The van der Waals surface area contributed by atoms with Crippen molar-refractivity contribution in [1.82, 2.24) is 0 Å². The minimum atomic E-state index is -0.618. The van der Waals surface area contributed by atoms with Crippen LogP contribution in [0.25, 0.3) is 0 Å². The first-order valence-corrected chi connectivity index (χ1v) is 7.75. The Morgan fingerprint density at radius 2 is 1.95 bits per heavy atom. The zero-order valence-corrected chi connectivity index (χ0v) is 13.9. The van der Waals surface area contributed by atoms with Crippen molar-refractivity contribution >= 4 is 21.6 Å². The maximum absolute atomic E-state index is 9.93. The molecule has 2 aromatic rings. The quantitative estimate of drug-likeness (QED) is 0.822. The van der Waals surface area contributed by atoms with E-state index in [4.69, 9.17) is 4.74 Å². The number of aliphatic hydroxyl groups excluding tert-OH is 1. The fraction of sp³-hybridized carbons (Fsp3) is 0.294. The van der Waals surface area contributed by atoms with Crippen molar-refractivity contribution < 1.29 is 9.84 Å². The number of anilines is 1. The van der Waals surface area contributed by atoms with Crippen molar-refractivity contribution in [3.05, 3.63) is 58.6 Å². The van der Waals surface area contributed by atoms with Crippen LogP contribution in [-0.4, -0.2) is 18.3 Å². The average molecular weight is 350 g/mol. The predicted molar refractivity (Wildman–Crippen MR) is 89.8 cm³/mol. The van der Waals surface area contributed by atoms with Crippen LogP contribution in [0.15, 0.2) is 53.0 Å². The normalized spacial score (nSPS) is 13.5. The fourth-order valence-electron chi connectivity index (χ4n) is 2.28. The molecule has 0 saturated carbocycles. The van der Waals surface area contributed by atoms with E-state index in [1.165, 1.54) is 0 Å². The third-order valence-corrected chi connectivity index (χ3v) is 3.84. The summed E-state index contributed by atoms with van der Waals surface area (Å²) in [5.41, 5.74) is 1.26. The van der Waals surface area contributed by atoms with Gasteiger partial charge in [0.2, 0.25) is 0 Å². The number of hydrogen-bond acceptors (Lipinski definition) is 3. The molecule has 0 bridgehead atoms. The van der Waals surface area contributed by atoms with Crippen LogP contribution < -0.4 is 10.1 Å². The molecular formula is C17H20BrNO2. The molecule has 2 N–H and O–H groups in total. The molecule has 0 amide bonds. The van der Waals surface area contributed by atoms with E-state index in [1.54, 1.807) is 0 Å². The van der Waals surface area contributed by atoms with Gasteiger partial charge in [0.25, 0.3) is 0 Å². The zero-order valence-electron chi connectivity index (χ0n) is 12.3. The number of aliphatic hydroxyl groups is 1. The molecule has 0 heterocycles. The van der Waals surface area contributed by atoms with Crippen molar-refractivity contribution in [3.63, 3.8) is 0 Å². The van der Waals surface area contributed by atoms with Gasteiger partial charge in [-0.15, -0.1) is 0 Å². The highest BCUT2D eigenvalue weighted by Gasteiger charge is 2.29. The van der Waals surface area contributed by atoms with Crippen LogP contribution in [-0.2, 0) is 5.54 Å². The summed E-state index contributed by atoms with van der Waals surface area (Å²) in [4.78, 5) is 0. The van der Waals surface area contributed by atoms with Crippen molar-refractivity contribution in [2.75, 3.05) is 18.5 Å². The summed E-state index contributed by atoms with van der Waals surface area (Å²) in [6.07, 6.45) is 0. The van der Waals surface area contributed by atoms with Crippen LogP contribution in [0.2, 0.25) is 0 Å². The number of benzene rings is 2. The van der Waals surface area contributed by atoms with Gasteiger partial charge in [0.15, 0.2) is 0 Å². The highest BCUT2D eigenvalue weighted by Crippen LogP contribution is 2.33. The second-order valence-corrected chi connectivity index (χ2v) is 5.97. The summed E-state index contributed by atoms with van der Waals surface area (Å²) in [7, 11) is 0. The number of halogens is 1. The van der Waals surface area contributed by atoms with E-state index in [0.29, 0.717) is 6.61 Å².